The molecule has 6 N–H and O–H groups in total. The largest absolute Gasteiger partial charge is 0.493 e. The molecule has 0 aromatic heterocycles. The number of rotatable bonds is 9. The molecule has 33 heavy (non-hydrogen) atoms. The summed E-state index contributed by atoms with van der Waals surface area (Å²) in [6, 6.07) is 3.36. The monoisotopic (exact) mass is 476 g/mol. The first kappa shape index (κ1) is 25.9. The van der Waals surface area contributed by atoms with Crippen LogP contribution in [-0.2, 0) is 20.6 Å². The predicted molar refractivity (Wildman–Crippen MR) is 110 cm³/mol. The molecule has 8 atom stereocenters. The molecule has 2 fully saturated rings. The third-order valence-electron chi connectivity index (χ3n) is 5.98. The van der Waals surface area contributed by atoms with Crippen molar-refractivity contribution < 1.29 is 59.1 Å². The van der Waals surface area contributed by atoms with Crippen LogP contribution < -0.4 is 14.2 Å². The van der Waals surface area contributed by atoms with Gasteiger partial charge in [0, 0.05) is 6.42 Å². The van der Waals surface area contributed by atoms with E-state index in [1.807, 2.05) is 0 Å². The van der Waals surface area contributed by atoms with E-state index in [0.717, 1.165) is 0 Å². The minimum atomic E-state index is -1.86. The second-order valence-corrected chi connectivity index (χ2v) is 8.14. The molecule has 1 aromatic rings. The van der Waals surface area contributed by atoms with Crippen LogP contribution in [0.25, 0.3) is 0 Å². The fourth-order valence-corrected chi connectivity index (χ4v) is 3.94. The summed E-state index contributed by atoms with van der Waals surface area (Å²) < 4.78 is 32.4. The molecule has 0 bridgehead atoms. The smallest absolute Gasteiger partial charge is 0.203 e. The van der Waals surface area contributed by atoms with Crippen molar-refractivity contribution in [2.45, 2.75) is 54.9 Å². The lowest BCUT2D eigenvalue weighted by Crippen LogP contribution is -2.59. The molecule has 1 aromatic carbocycles. The molecule has 12 nitrogen and oxygen atoms in total. The zero-order valence-corrected chi connectivity index (χ0v) is 18.7. The molecule has 8 unspecified atom stereocenters. The zero-order chi connectivity index (χ0) is 24.3. The van der Waals surface area contributed by atoms with E-state index >= 15 is 0 Å². The van der Waals surface area contributed by atoms with Crippen LogP contribution in [0.15, 0.2) is 12.1 Å². The highest BCUT2D eigenvalue weighted by Gasteiger charge is 2.50. The van der Waals surface area contributed by atoms with Gasteiger partial charge in [-0.15, -0.1) is 0 Å². The first-order valence-electron chi connectivity index (χ1n) is 10.4. The number of aliphatic hydroxyl groups is 6. The lowest BCUT2D eigenvalue weighted by molar-refractivity contribution is -0.250. The van der Waals surface area contributed by atoms with Crippen molar-refractivity contribution in [3.05, 3.63) is 17.7 Å². The van der Waals surface area contributed by atoms with Crippen molar-refractivity contribution in [3.63, 3.8) is 0 Å². The second kappa shape index (κ2) is 10.7. The highest BCUT2D eigenvalue weighted by Crippen LogP contribution is 2.39. The van der Waals surface area contributed by atoms with E-state index in [-0.39, 0.29) is 19.6 Å². The Morgan fingerprint density at radius 1 is 0.939 bits per heavy atom. The lowest BCUT2D eigenvalue weighted by atomic mass is 9.91. The standard InChI is InChI=1S/C21H32O12/c1-28-12-5-10(6-13(29-2)18(12)30-3)4-11-15(23)17(25)16(24)14(33-11)7-31-20-19(26)21(27,8-22)9-32-20/h5-6,11,14-17,19-20,22-27H,4,7-9H2,1-3H3. The minimum absolute atomic E-state index is 0.130. The van der Waals surface area contributed by atoms with Gasteiger partial charge in [0.2, 0.25) is 5.75 Å². The molecule has 2 aliphatic heterocycles. The number of hydrogen-bond donors (Lipinski definition) is 6. The van der Waals surface area contributed by atoms with Gasteiger partial charge in [-0.1, -0.05) is 0 Å². The Hall–Kier alpha value is -1.74. The van der Waals surface area contributed by atoms with Gasteiger partial charge in [0.05, 0.1) is 47.3 Å². The fraction of sp³-hybridized carbons (Fsp3) is 0.714. The summed E-state index contributed by atoms with van der Waals surface area (Å²) in [7, 11) is 4.42. The molecule has 2 saturated heterocycles. The Labute approximate surface area is 190 Å². The van der Waals surface area contributed by atoms with E-state index in [0.29, 0.717) is 22.8 Å². The Balaban J connectivity index is 1.71. The Kier molecular flexibility index (Phi) is 8.37. The molecular formula is C21H32O12. The molecule has 2 heterocycles. The van der Waals surface area contributed by atoms with Crippen molar-refractivity contribution >= 4 is 0 Å². The maximum Gasteiger partial charge on any atom is 0.203 e. The molecule has 2 aliphatic rings. The fourth-order valence-electron chi connectivity index (χ4n) is 3.94. The maximum absolute atomic E-state index is 10.5. The average Bonchev–Trinajstić information content (AvgIpc) is 3.11. The van der Waals surface area contributed by atoms with E-state index in [1.165, 1.54) is 21.3 Å². The van der Waals surface area contributed by atoms with Gasteiger partial charge < -0.3 is 59.1 Å². The van der Waals surface area contributed by atoms with Gasteiger partial charge in [-0.2, -0.15) is 0 Å². The van der Waals surface area contributed by atoms with E-state index in [1.54, 1.807) is 12.1 Å². The molecule has 188 valence electrons. The van der Waals surface area contributed by atoms with Crippen molar-refractivity contribution in [2.75, 3.05) is 41.2 Å². The Morgan fingerprint density at radius 3 is 2.06 bits per heavy atom. The van der Waals surface area contributed by atoms with Gasteiger partial charge in [-0.05, 0) is 17.7 Å². The highest BCUT2D eigenvalue weighted by atomic mass is 16.7. The van der Waals surface area contributed by atoms with Crippen LogP contribution >= 0.6 is 0 Å². The second-order valence-electron chi connectivity index (χ2n) is 8.14. The molecular weight excluding hydrogens is 444 g/mol. The van der Waals surface area contributed by atoms with Crippen molar-refractivity contribution in [2.24, 2.45) is 0 Å². The summed E-state index contributed by atoms with van der Waals surface area (Å²) in [5.74, 6) is 1.20. The van der Waals surface area contributed by atoms with E-state index in [4.69, 9.17) is 28.4 Å². The maximum atomic E-state index is 10.5. The average molecular weight is 476 g/mol. The first-order chi connectivity index (χ1) is 15.7. The molecule has 3 rings (SSSR count). The predicted octanol–water partition coefficient (Wildman–Crippen LogP) is -2.44. The number of aliphatic hydroxyl groups excluding tert-OH is 5. The summed E-state index contributed by atoms with van der Waals surface area (Å²) in [4.78, 5) is 0. The molecule has 12 heteroatoms. The van der Waals surface area contributed by atoms with Crippen molar-refractivity contribution in [1.82, 2.24) is 0 Å². The Bertz CT molecular complexity index is 766. The van der Waals surface area contributed by atoms with Crippen molar-refractivity contribution in [3.8, 4) is 17.2 Å². The number of benzene rings is 1. The van der Waals surface area contributed by atoms with Crippen LogP contribution in [0.1, 0.15) is 5.56 Å². The molecule has 0 aliphatic carbocycles. The topological polar surface area (TPSA) is 177 Å². The van der Waals surface area contributed by atoms with Crippen LogP contribution in [0.5, 0.6) is 17.2 Å². The lowest BCUT2D eigenvalue weighted by Gasteiger charge is -2.41. The van der Waals surface area contributed by atoms with Gasteiger partial charge in [-0.25, -0.2) is 0 Å². The van der Waals surface area contributed by atoms with Gasteiger partial charge in [0.15, 0.2) is 17.8 Å². The van der Waals surface area contributed by atoms with Crippen molar-refractivity contribution in [1.29, 1.82) is 0 Å². The van der Waals surface area contributed by atoms with Crippen LogP contribution in [0.4, 0.5) is 0 Å². The highest BCUT2D eigenvalue weighted by molar-refractivity contribution is 5.54. The first-order valence-corrected chi connectivity index (χ1v) is 10.4. The summed E-state index contributed by atoms with van der Waals surface area (Å²) in [5, 5.41) is 60.5. The SMILES string of the molecule is COc1cc(CC2OC(COC3OCC(O)(CO)C3O)C(O)C(O)C2O)cc(OC)c1OC. The summed E-state index contributed by atoms with van der Waals surface area (Å²) >= 11 is 0. The van der Waals surface area contributed by atoms with Crippen LogP contribution in [0.3, 0.4) is 0 Å². The third-order valence-corrected chi connectivity index (χ3v) is 5.98. The van der Waals surface area contributed by atoms with Crippen LogP contribution in [-0.4, -0.2) is 120 Å². The van der Waals surface area contributed by atoms with E-state index in [9.17, 15) is 30.6 Å². The third kappa shape index (κ3) is 5.19. The van der Waals surface area contributed by atoms with Crippen LogP contribution in [0, 0.1) is 0 Å². The van der Waals surface area contributed by atoms with E-state index < -0.39 is 55.1 Å². The number of methoxy groups -OCH3 is 3. The summed E-state index contributed by atoms with van der Waals surface area (Å²) in [6.07, 6.45) is -9.06. The molecule has 0 spiro atoms. The minimum Gasteiger partial charge on any atom is -0.493 e. The van der Waals surface area contributed by atoms with Gasteiger partial charge in [0.1, 0.15) is 36.1 Å². The normalized spacial score (nSPS) is 36.6. The number of hydrogen-bond acceptors (Lipinski definition) is 12. The van der Waals surface area contributed by atoms with E-state index in [2.05, 4.69) is 0 Å². The van der Waals surface area contributed by atoms with Gasteiger partial charge in [-0.3, -0.25) is 0 Å². The molecule has 0 amide bonds. The summed E-state index contributed by atoms with van der Waals surface area (Å²) in [5.41, 5.74) is -1.21. The molecule has 0 saturated carbocycles. The quantitative estimate of drug-likeness (QED) is 0.222. The van der Waals surface area contributed by atoms with Crippen LogP contribution in [0.2, 0.25) is 0 Å². The molecule has 0 radical (unpaired) electrons. The number of ether oxygens (including phenoxy) is 6. The van der Waals surface area contributed by atoms with Gasteiger partial charge >= 0.3 is 0 Å². The Morgan fingerprint density at radius 2 is 1.55 bits per heavy atom. The zero-order valence-electron chi connectivity index (χ0n) is 18.7. The summed E-state index contributed by atoms with van der Waals surface area (Å²) in [6.45, 7) is -1.38. The van der Waals surface area contributed by atoms with Gasteiger partial charge in [0.25, 0.3) is 0 Å².